The first-order chi connectivity index (χ1) is 10.4. The van der Waals surface area contributed by atoms with Gasteiger partial charge in [0.1, 0.15) is 0 Å². The van der Waals surface area contributed by atoms with E-state index in [1.54, 1.807) is 0 Å². The Morgan fingerprint density at radius 1 is 0.957 bits per heavy atom. The Labute approximate surface area is 128 Å². The van der Waals surface area contributed by atoms with Gasteiger partial charge in [-0.15, -0.1) is 0 Å². The summed E-state index contributed by atoms with van der Waals surface area (Å²) >= 11 is 0. The van der Waals surface area contributed by atoms with Crippen LogP contribution in [0.15, 0.2) is 0 Å². The van der Waals surface area contributed by atoms with Crippen molar-refractivity contribution in [3.63, 3.8) is 0 Å². The molecule has 0 amide bonds. The van der Waals surface area contributed by atoms with Crippen LogP contribution < -0.4 is 0 Å². The molecule has 138 valence electrons. The zero-order valence-electron chi connectivity index (χ0n) is 12.4. The van der Waals surface area contributed by atoms with Crippen LogP contribution in [0.5, 0.6) is 0 Å². The molecule has 0 N–H and O–H groups in total. The van der Waals surface area contributed by atoms with Crippen LogP contribution in [0.4, 0.5) is 35.1 Å². The Kier molecular flexibility index (Phi) is 8.26. The Morgan fingerprint density at radius 2 is 1.48 bits per heavy atom. The first-order valence-corrected chi connectivity index (χ1v) is 6.97. The number of ether oxygens (including phenoxy) is 1. The van der Waals surface area contributed by atoms with E-state index in [4.69, 9.17) is 0 Å². The second-order valence-electron chi connectivity index (χ2n) is 5.03. The number of esters is 1. The van der Waals surface area contributed by atoms with Crippen molar-refractivity contribution in [1.82, 2.24) is 0 Å². The molecule has 0 rings (SSSR count). The summed E-state index contributed by atoms with van der Waals surface area (Å²) < 4.78 is 105. The molecule has 0 atom stereocenters. The molecule has 0 aromatic rings. The maximum atomic E-state index is 13.1. The van der Waals surface area contributed by atoms with Gasteiger partial charge in [-0.3, -0.25) is 4.79 Å². The molecule has 0 radical (unpaired) electrons. The average molecular weight is 358 g/mol. The molecule has 0 bridgehead atoms. The van der Waals surface area contributed by atoms with E-state index in [-0.39, 0.29) is 12.8 Å². The predicted octanol–water partition coefficient (Wildman–Crippen LogP) is 5.06. The number of rotatable bonds is 11. The van der Waals surface area contributed by atoms with Gasteiger partial charge in [0.05, 0.1) is 0 Å². The summed E-state index contributed by atoms with van der Waals surface area (Å²) in [4.78, 5) is 11.1. The zero-order valence-corrected chi connectivity index (χ0v) is 12.4. The lowest BCUT2D eigenvalue weighted by Gasteiger charge is -2.31. The van der Waals surface area contributed by atoms with Crippen molar-refractivity contribution in [2.75, 3.05) is 6.61 Å². The van der Waals surface area contributed by atoms with Gasteiger partial charge >= 0.3 is 30.2 Å². The summed E-state index contributed by atoms with van der Waals surface area (Å²) in [7, 11) is 0. The first kappa shape index (κ1) is 21.9. The summed E-state index contributed by atoms with van der Waals surface area (Å²) in [5, 5.41) is 0. The molecule has 0 unspecified atom stereocenters. The van der Waals surface area contributed by atoms with Gasteiger partial charge in [0.2, 0.25) is 0 Å². The second-order valence-corrected chi connectivity index (χ2v) is 5.03. The maximum Gasteiger partial charge on any atom is 0.381 e. The fourth-order valence-corrected chi connectivity index (χ4v) is 1.59. The van der Waals surface area contributed by atoms with E-state index >= 15 is 0 Å². The highest BCUT2D eigenvalue weighted by molar-refractivity contribution is 5.69. The first-order valence-electron chi connectivity index (χ1n) is 6.97. The Hall–Kier alpha value is -1.09. The lowest BCUT2D eigenvalue weighted by Crippen LogP contribution is -2.59. The van der Waals surface area contributed by atoms with E-state index in [0.29, 0.717) is 6.42 Å². The van der Waals surface area contributed by atoms with Gasteiger partial charge in [-0.2, -0.15) is 26.3 Å². The van der Waals surface area contributed by atoms with Gasteiger partial charge in [0, 0.05) is 6.42 Å². The monoisotopic (exact) mass is 358 g/mol. The number of halogens is 8. The highest BCUT2D eigenvalue weighted by Crippen LogP contribution is 2.48. The van der Waals surface area contributed by atoms with Crippen molar-refractivity contribution in [2.45, 2.75) is 69.6 Å². The van der Waals surface area contributed by atoms with E-state index < -0.39 is 36.8 Å². The molecule has 0 heterocycles. The number of unbranched alkanes of at least 4 members (excludes halogenated alkanes) is 4. The SMILES string of the molecule is CCCCCCCC(=O)OCC(F)(F)C(F)(F)C(F)(F)C(F)F. The third kappa shape index (κ3) is 5.80. The van der Waals surface area contributed by atoms with Crippen LogP contribution in [0.25, 0.3) is 0 Å². The van der Waals surface area contributed by atoms with Gasteiger partial charge < -0.3 is 4.74 Å². The van der Waals surface area contributed by atoms with E-state index in [2.05, 4.69) is 4.74 Å². The molecule has 2 nitrogen and oxygen atoms in total. The van der Waals surface area contributed by atoms with Gasteiger partial charge in [0.15, 0.2) is 6.61 Å². The van der Waals surface area contributed by atoms with Crippen LogP contribution in [0.3, 0.4) is 0 Å². The molecule has 0 aliphatic carbocycles. The van der Waals surface area contributed by atoms with E-state index in [1.165, 1.54) is 0 Å². The van der Waals surface area contributed by atoms with Crippen molar-refractivity contribution in [3.8, 4) is 0 Å². The summed E-state index contributed by atoms with van der Waals surface area (Å²) in [6.45, 7) is -0.457. The van der Waals surface area contributed by atoms with Crippen LogP contribution in [0, 0.1) is 0 Å². The molecule has 0 fully saturated rings. The van der Waals surface area contributed by atoms with Crippen molar-refractivity contribution in [3.05, 3.63) is 0 Å². The zero-order chi connectivity index (χ0) is 18.3. The Morgan fingerprint density at radius 3 is 1.96 bits per heavy atom. The molecule has 0 saturated heterocycles. The van der Waals surface area contributed by atoms with Crippen LogP contribution in [-0.2, 0) is 9.53 Å². The second kappa shape index (κ2) is 8.68. The molecule has 23 heavy (non-hydrogen) atoms. The summed E-state index contributed by atoms with van der Waals surface area (Å²) in [5.41, 5.74) is 0. The highest BCUT2D eigenvalue weighted by atomic mass is 19.4. The lowest BCUT2D eigenvalue weighted by atomic mass is 10.1. The number of hydrogen-bond acceptors (Lipinski definition) is 2. The third-order valence-corrected chi connectivity index (χ3v) is 3.05. The van der Waals surface area contributed by atoms with E-state index in [9.17, 15) is 39.9 Å². The minimum absolute atomic E-state index is 0.258. The molecule has 0 aromatic heterocycles. The third-order valence-electron chi connectivity index (χ3n) is 3.05. The molecular weight excluding hydrogens is 340 g/mol. The summed E-state index contributed by atoms with van der Waals surface area (Å²) in [5.74, 6) is -19.5. The van der Waals surface area contributed by atoms with Gasteiger partial charge in [-0.1, -0.05) is 32.6 Å². The van der Waals surface area contributed by atoms with E-state index in [0.717, 1.165) is 19.3 Å². The minimum atomic E-state index is -6.35. The fourth-order valence-electron chi connectivity index (χ4n) is 1.59. The molecule has 0 saturated carbocycles. The van der Waals surface area contributed by atoms with Crippen LogP contribution >= 0.6 is 0 Å². The quantitative estimate of drug-likeness (QED) is 0.293. The molecule has 0 aliphatic rings. The lowest BCUT2D eigenvalue weighted by molar-refractivity contribution is -0.344. The van der Waals surface area contributed by atoms with Crippen molar-refractivity contribution in [2.24, 2.45) is 0 Å². The summed E-state index contributed by atoms with van der Waals surface area (Å²) in [6, 6.07) is 0. The molecule has 0 aliphatic heterocycles. The number of carbonyl (C=O) groups excluding carboxylic acids is 1. The van der Waals surface area contributed by atoms with Crippen LogP contribution in [-0.4, -0.2) is 36.8 Å². The highest BCUT2D eigenvalue weighted by Gasteiger charge is 2.75. The predicted molar refractivity (Wildman–Crippen MR) is 65.2 cm³/mol. The fraction of sp³-hybridized carbons (Fsp3) is 0.923. The number of carbonyl (C=O) groups is 1. The van der Waals surface area contributed by atoms with Gasteiger partial charge in [0.25, 0.3) is 0 Å². The molecule has 0 aromatic carbocycles. The van der Waals surface area contributed by atoms with Crippen LogP contribution in [0.1, 0.15) is 45.4 Å². The minimum Gasteiger partial charge on any atom is -0.459 e. The molecule has 0 spiro atoms. The van der Waals surface area contributed by atoms with Gasteiger partial charge in [-0.05, 0) is 6.42 Å². The Bertz CT molecular complexity index is 371. The van der Waals surface area contributed by atoms with Crippen molar-refractivity contribution >= 4 is 5.97 Å². The van der Waals surface area contributed by atoms with Crippen molar-refractivity contribution in [1.29, 1.82) is 0 Å². The Balaban J connectivity index is 4.49. The van der Waals surface area contributed by atoms with E-state index in [1.807, 2.05) is 6.92 Å². The number of hydrogen-bond donors (Lipinski definition) is 0. The smallest absolute Gasteiger partial charge is 0.381 e. The number of alkyl halides is 8. The topological polar surface area (TPSA) is 26.3 Å². The largest absolute Gasteiger partial charge is 0.459 e. The average Bonchev–Trinajstić information content (AvgIpc) is 2.44. The summed E-state index contributed by atoms with van der Waals surface area (Å²) in [6.07, 6.45) is -1.91. The van der Waals surface area contributed by atoms with Crippen LogP contribution in [0.2, 0.25) is 0 Å². The normalized spacial score (nSPS) is 13.5. The standard InChI is InChI=1S/C13H18F8O2/c1-2-3-4-5-6-7-9(22)23-8-11(16,17)13(20,21)12(18,19)10(14)15/h10H,2-8H2,1H3. The molecule has 10 heteroatoms. The van der Waals surface area contributed by atoms with Crippen molar-refractivity contribution < 1.29 is 44.7 Å². The molecular formula is C13H18F8O2. The van der Waals surface area contributed by atoms with Gasteiger partial charge in [-0.25, -0.2) is 8.78 Å². The maximum absolute atomic E-state index is 13.1.